The van der Waals surface area contributed by atoms with Gasteiger partial charge < -0.3 is 4.90 Å². The highest BCUT2D eigenvalue weighted by Crippen LogP contribution is 2.28. The lowest BCUT2D eigenvalue weighted by Gasteiger charge is -2.30. The van der Waals surface area contributed by atoms with Crippen LogP contribution in [0.2, 0.25) is 0 Å². The van der Waals surface area contributed by atoms with Gasteiger partial charge in [-0.2, -0.15) is 11.8 Å². The largest absolute Gasteiger partial charge is 0.303 e. The number of thioether (sulfide) groups is 1. The second-order valence-corrected chi connectivity index (χ2v) is 8.62. The summed E-state index contributed by atoms with van der Waals surface area (Å²) in [6.07, 6.45) is 8.53. The summed E-state index contributed by atoms with van der Waals surface area (Å²) in [6.45, 7) is 10.6. The van der Waals surface area contributed by atoms with Gasteiger partial charge in [0.05, 0.1) is 0 Å². The van der Waals surface area contributed by atoms with Crippen molar-refractivity contribution in [1.82, 2.24) is 4.90 Å². The number of rotatable bonds is 8. The van der Waals surface area contributed by atoms with Gasteiger partial charge >= 0.3 is 0 Å². The van der Waals surface area contributed by atoms with Gasteiger partial charge in [-0.3, -0.25) is 0 Å². The topological polar surface area (TPSA) is 3.24 Å². The van der Waals surface area contributed by atoms with Gasteiger partial charge in [0.2, 0.25) is 0 Å². The normalized spacial score (nSPS) is 19.3. The van der Waals surface area contributed by atoms with E-state index < -0.39 is 0 Å². The molecule has 2 heteroatoms. The van der Waals surface area contributed by atoms with Crippen LogP contribution in [0.5, 0.6) is 0 Å². The molecule has 0 spiro atoms. The van der Waals surface area contributed by atoms with Crippen LogP contribution in [0.25, 0.3) is 0 Å². The zero-order valence-corrected chi connectivity index (χ0v) is 14.7. The van der Waals surface area contributed by atoms with Gasteiger partial charge in [-0.1, -0.05) is 40.5 Å². The van der Waals surface area contributed by atoms with Crippen molar-refractivity contribution in [1.29, 1.82) is 0 Å². The van der Waals surface area contributed by atoms with Gasteiger partial charge in [0.15, 0.2) is 0 Å². The first-order valence-corrected chi connectivity index (χ1v) is 9.36. The number of hydrogen-bond donors (Lipinski definition) is 0. The van der Waals surface area contributed by atoms with Crippen molar-refractivity contribution >= 4 is 11.8 Å². The van der Waals surface area contributed by atoms with E-state index in [1.54, 1.807) is 0 Å². The molecule has 0 amide bonds. The highest BCUT2D eigenvalue weighted by atomic mass is 32.2. The van der Waals surface area contributed by atoms with Crippen molar-refractivity contribution in [2.45, 2.75) is 72.3 Å². The molecule has 1 aliphatic carbocycles. The Morgan fingerprint density at radius 1 is 1.21 bits per heavy atom. The molecule has 1 unspecified atom stereocenters. The molecule has 0 aromatic rings. The van der Waals surface area contributed by atoms with E-state index in [4.69, 9.17) is 0 Å². The van der Waals surface area contributed by atoms with Crippen molar-refractivity contribution in [3.8, 4) is 0 Å². The Labute approximate surface area is 125 Å². The van der Waals surface area contributed by atoms with Crippen molar-refractivity contribution in [3.63, 3.8) is 0 Å². The molecule has 1 saturated carbocycles. The van der Waals surface area contributed by atoms with Crippen LogP contribution in [0.4, 0.5) is 0 Å². The first kappa shape index (κ1) is 17.4. The number of nitrogens with zero attached hydrogens (tertiary/aromatic N) is 1. The van der Waals surface area contributed by atoms with Crippen LogP contribution in [0.15, 0.2) is 0 Å². The van der Waals surface area contributed by atoms with Gasteiger partial charge in [0.25, 0.3) is 0 Å². The fourth-order valence-corrected chi connectivity index (χ4v) is 4.36. The van der Waals surface area contributed by atoms with E-state index in [0.717, 1.165) is 12.0 Å². The first-order chi connectivity index (χ1) is 8.92. The van der Waals surface area contributed by atoms with Crippen LogP contribution in [0, 0.1) is 11.3 Å². The first-order valence-electron chi connectivity index (χ1n) is 8.20. The summed E-state index contributed by atoms with van der Waals surface area (Å²) in [4.78, 5) is 2.59. The molecule has 0 aliphatic heterocycles. The molecule has 1 rings (SSSR count). The van der Waals surface area contributed by atoms with E-state index in [1.807, 2.05) is 0 Å². The van der Waals surface area contributed by atoms with Gasteiger partial charge in [-0.15, -0.1) is 0 Å². The molecule has 1 nitrogen and oxygen atoms in total. The summed E-state index contributed by atoms with van der Waals surface area (Å²) in [5.41, 5.74) is 0.462. The lowest BCUT2D eigenvalue weighted by molar-refractivity contribution is 0.215. The Morgan fingerprint density at radius 2 is 1.84 bits per heavy atom. The highest BCUT2D eigenvalue weighted by Gasteiger charge is 2.18. The second kappa shape index (κ2) is 8.56. The standard InChI is InChI=1S/C17H35NS/c1-6-16(18(5)12-11-17(2,3)4)14-19-13-15-9-7-8-10-15/h15-16H,6-14H2,1-5H3. The third-order valence-electron chi connectivity index (χ3n) is 4.45. The molecule has 114 valence electrons. The Bertz CT molecular complexity index is 228. The zero-order chi connectivity index (χ0) is 14.3. The van der Waals surface area contributed by atoms with Crippen LogP contribution < -0.4 is 0 Å². The van der Waals surface area contributed by atoms with Crippen molar-refractivity contribution in [2.24, 2.45) is 11.3 Å². The summed E-state index contributed by atoms with van der Waals surface area (Å²) in [5.74, 6) is 3.76. The summed E-state index contributed by atoms with van der Waals surface area (Å²) >= 11 is 2.20. The van der Waals surface area contributed by atoms with Crippen molar-refractivity contribution in [2.75, 3.05) is 25.1 Å². The predicted molar refractivity (Wildman–Crippen MR) is 90.1 cm³/mol. The Kier molecular flexibility index (Phi) is 7.83. The van der Waals surface area contributed by atoms with Crippen LogP contribution in [0.1, 0.15) is 66.2 Å². The molecule has 0 radical (unpaired) electrons. The van der Waals surface area contributed by atoms with Gasteiger partial charge in [0, 0.05) is 11.8 Å². The Balaban J connectivity index is 2.19. The third-order valence-corrected chi connectivity index (χ3v) is 5.78. The molecule has 19 heavy (non-hydrogen) atoms. The van der Waals surface area contributed by atoms with Crippen molar-refractivity contribution in [3.05, 3.63) is 0 Å². The third kappa shape index (κ3) is 7.60. The van der Waals surface area contributed by atoms with E-state index in [1.165, 1.54) is 56.6 Å². The fourth-order valence-electron chi connectivity index (χ4n) is 2.80. The molecule has 0 N–H and O–H groups in total. The van der Waals surface area contributed by atoms with Gasteiger partial charge in [-0.25, -0.2) is 0 Å². The molecule has 0 aromatic heterocycles. The minimum atomic E-state index is 0.462. The second-order valence-electron chi connectivity index (χ2n) is 7.54. The summed E-state index contributed by atoms with van der Waals surface area (Å²) < 4.78 is 0. The maximum Gasteiger partial charge on any atom is 0.0180 e. The minimum Gasteiger partial charge on any atom is -0.303 e. The van der Waals surface area contributed by atoms with E-state index in [0.29, 0.717) is 5.41 Å². The van der Waals surface area contributed by atoms with Gasteiger partial charge in [-0.05, 0) is 56.4 Å². The predicted octanol–water partition coefficient (Wildman–Crippen LogP) is 5.06. The lowest BCUT2D eigenvalue weighted by Crippen LogP contribution is -2.35. The maximum absolute atomic E-state index is 2.59. The molecule has 1 atom stereocenters. The Morgan fingerprint density at radius 3 is 2.37 bits per heavy atom. The summed E-state index contributed by atoms with van der Waals surface area (Å²) in [5, 5.41) is 0. The maximum atomic E-state index is 2.59. The molecule has 1 aliphatic rings. The van der Waals surface area contributed by atoms with Crippen molar-refractivity contribution < 1.29 is 0 Å². The molecule has 0 aromatic carbocycles. The van der Waals surface area contributed by atoms with Gasteiger partial charge in [0.1, 0.15) is 0 Å². The molecular weight excluding hydrogens is 250 g/mol. The average molecular weight is 286 g/mol. The number of hydrogen-bond acceptors (Lipinski definition) is 2. The zero-order valence-electron chi connectivity index (χ0n) is 13.9. The smallest absolute Gasteiger partial charge is 0.0180 e. The minimum absolute atomic E-state index is 0.462. The highest BCUT2D eigenvalue weighted by molar-refractivity contribution is 7.99. The monoisotopic (exact) mass is 285 g/mol. The average Bonchev–Trinajstić information content (AvgIpc) is 2.84. The molecular formula is C17H35NS. The molecule has 1 fully saturated rings. The fraction of sp³-hybridized carbons (Fsp3) is 1.00. The quantitative estimate of drug-likeness (QED) is 0.613. The van der Waals surface area contributed by atoms with Crippen LogP contribution in [-0.4, -0.2) is 36.0 Å². The lowest BCUT2D eigenvalue weighted by atomic mass is 9.92. The van der Waals surface area contributed by atoms with E-state index in [9.17, 15) is 0 Å². The van der Waals surface area contributed by atoms with Crippen LogP contribution in [0.3, 0.4) is 0 Å². The molecule has 0 heterocycles. The van der Waals surface area contributed by atoms with E-state index in [-0.39, 0.29) is 0 Å². The molecule has 0 bridgehead atoms. The summed E-state index contributed by atoms with van der Waals surface area (Å²) in [6, 6.07) is 0.772. The summed E-state index contributed by atoms with van der Waals surface area (Å²) in [7, 11) is 2.32. The van der Waals surface area contributed by atoms with E-state index in [2.05, 4.69) is 51.4 Å². The van der Waals surface area contributed by atoms with Crippen LogP contribution in [-0.2, 0) is 0 Å². The molecule has 0 saturated heterocycles. The SMILES string of the molecule is CCC(CSCC1CCCC1)N(C)CCC(C)(C)C. The van der Waals surface area contributed by atoms with Crippen LogP contribution >= 0.6 is 11.8 Å². The Hall–Kier alpha value is 0.310. The van der Waals surface area contributed by atoms with E-state index >= 15 is 0 Å².